The van der Waals surface area contributed by atoms with Crippen LogP contribution in [0.5, 0.6) is 0 Å². The Morgan fingerprint density at radius 3 is 2.60 bits per heavy atom. The molecule has 0 aliphatic carbocycles. The molecule has 0 unspecified atom stereocenters. The highest BCUT2D eigenvalue weighted by atomic mass is 16.4. The molecule has 0 spiro atoms. The minimum absolute atomic E-state index is 0.0888. The Morgan fingerprint density at radius 1 is 1.33 bits per heavy atom. The van der Waals surface area contributed by atoms with Crippen molar-refractivity contribution in [3.63, 3.8) is 0 Å². The standard InChI is InChI=1S/C9H10N2O4/c12-7-2-1-6(5-10-7)11-8(13)3-4-9(14)15/h1-2,5H,3-4H2,(H,10,12)(H,11,13)(H,14,15). The maximum absolute atomic E-state index is 11.1. The maximum Gasteiger partial charge on any atom is 0.303 e. The molecule has 1 heterocycles. The number of hydrogen-bond donors (Lipinski definition) is 3. The molecular formula is C9H10N2O4. The van der Waals surface area contributed by atoms with Gasteiger partial charge in [-0.1, -0.05) is 0 Å². The molecule has 1 amide bonds. The highest BCUT2D eigenvalue weighted by Gasteiger charge is 2.05. The zero-order chi connectivity index (χ0) is 11.3. The molecule has 1 aromatic rings. The van der Waals surface area contributed by atoms with E-state index in [1.807, 2.05) is 0 Å². The first-order valence-electron chi connectivity index (χ1n) is 4.28. The number of aromatic amines is 1. The fourth-order valence-corrected chi connectivity index (χ4v) is 0.932. The molecule has 0 aliphatic heterocycles. The predicted octanol–water partition coefficient (Wildman–Crippen LogP) is 0.178. The summed E-state index contributed by atoms with van der Waals surface area (Å²) in [5, 5.41) is 10.8. The summed E-state index contributed by atoms with van der Waals surface area (Å²) in [4.78, 5) is 34.4. The predicted molar refractivity (Wildman–Crippen MR) is 52.6 cm³/mol. The number of aromatic nitrogens is 1. The Balaban J connectivity index is 2.48. The first kappa shape index (κ1) is 11.0. The van der Waals surface area contributed by atoms with Crippen molar-refractivity contribution in [1.29, 1.82) is 0 Å². The van der Waals surface area contributed by atoms with Crippen LogP contribution in [0.3, 0.4) is 0 Å². The zero-order valence-electron chi connectivity index (χ0n) is 7.82. The lowest BCUT2D eigenvalue weighted by Gasteiger charge is -2.02. The fourth-order valence-electron chi connectivity index (χ4n) is 0.932. The molecule has 0 radical (unpaired) electrons. The van der Waals surface area contributed by atoms with Gasteiger partial charge in [-0.3, -0.25) is 14.4 Å². The largest absolute Gasteiger partial charge is 0.481 e. The van der Waals surface area contributed by atoms with Crippen LogP contribution in [0.1, 0.15) is 12.8 Å². The number of rotatable bonds is 4. The first-order valence-corrected chi connectivity index (χ1v) is 4.28. The molecular weight excluding hydrogens is 200 g/mol. The Bertz CT molecular complexity index is 404. The average molecular weight is 210 g/mol. The summed E-state index contributed by atoms with van der Waals surface area (Å²) in [6.45, 7) is 0. The topological polar surface area (TPSA) is 99.3 Å². The highest BCUT2D eigenvalue weighted by Crippen LogP contribution is 2.02. The molecule has 1 aromatic heterocycles. The summed E-state index contributed by atoms with van der Waals surface area (Å²) in [6, 6.07) is 2.71. The summed E-state index contributed by atoms with van der Waals surface area (Å²) in [7, 11) is 0. The third kappa shape index (κ3) is 4.08. The van der Waals surface area contributed by atoms with E-state index in [1.54, 1.807) is 0 Å². The van der Waals surface area contributed by atoms with E-state index in [0.29, 0.717) is 5.69 Å². The van der Waals surface area contributed by atoms with Gasteiger partial charge in [0.2, 0.25) is 11.5 Å². The molecule has 15 heavy (non-hydrogen) atoms. The number of anilines is 1. The Labute approximate surface area is 84.9 Å². The number of hydrogen-bond acceptors (Lipinski definition) is 3. The van der Waals surface area contributed by atoms with Crippen molar-refractivity contribution in [2.75, 3.05) is 5.32 Å². The molecule has 80 valence electrons. The molecule has 0 atom stereocenters. The van der Waals surface area contributed by atoms with Gasteiger partial charge in [0.25, 0.3) is 0 Å². The molecule has 3 N–H and O–H groups in total. The number of carboxylic acid groups (broad SMARTS) is 1. The van der Waals surface area contributed by atoms with E-state index in [4.69, 9.17) is 5.11 Å². The van der Waals surface area contributed by atoms with Crippen molar-refractivity contribution in [3.8, 4) is 0 Å². The van der Waals surface area contributed by atoms with Gasteiger partial charge in [-0.05, 0) is 6.07 Å². The van der Waals surface area contributed by atoms with Crippen LogP contribution in [0.4, 0.5) is 5.69 Å². The SMILES string of the molecule is O=C(O)CCC(=O)Nc1ccc(=O)[nH]c1. The fraction of sp³-hybridized carbons (Fsp3) is 0.222. The number of carboxylic acids is 1. The van der Waals surface area contributed by atoms with Gasteiger partial charge in [0.05, 0.1) is 12.1 Å². The lowest BCUT2D eigenvalue weighted by atomic mass is 10.3. The minimum Gasteiger partial charge on any atom is -0.481 e. The molecule has 0 aliphatic rings. The van der Waals surface area contributed by atoms with Crippen molar-refractivity contribution < 1.29 is 14.7 Å². The minimum atomic E-state index is -1.02. The van der Waals surface area contributed by atoms with E-state index in [9.17, 15) is 14.4 Å². The van der Waals surface area contributed by atoms with Crippen molar-refractivity contribution in [3.05, 3.63) is 28.7 Å². The van der Waals surface area contributed by atoms with Gasteiger partial charge in [-0.2, -0.15) is 0 Å². The summed E-state index contributed by atoms with van der Waals surface area (Å²) in [5.41, 5.74) is 0.170. The second kappa shape index (κ2) is 4.94. The Morgan fingerprint density at radius 2 is 2.07 bits per heavy atom. The van der Waals surface area contributed by atoms with E-state index >= 15 is 0 Å². The third-order valence-corrected chi connectivity index (χ3v) is 1.63. The molecule has 0 saturated heterocycles. The summed E-state index contributed by atoms with van der Waals surface area (Å²) >= 11 is 0. The Kier molecular flexibility index (Phi) is 3.61. The van der Waals surface area contributed by atoms with Crippen LogP contribution >= 0.6 is 0 Å². The van der Waals surface area contributed by atoms with Crippen molar-refractivity contribution in [2.45, 2.75) is 12.8 Å². The van der Waals surface area contributed by atoms with E-state index in [2.05, 4.69) is 10.3 Å². The highest BCUT2D eigenvalue weighted by molar-refractivity contribution is 5.92. The molecule has 0 fully saturated rings. The normalized spacial score (nSPS) is 9.60. The van der Waals surface area contributed by atoms with Gasteiger partial charge in [-0.25, -0.2) is 0 Å². The van der Waals surface area contributed by atoms with Gasteiger partial charge in [0, 0.05) is 18.7 Å². The van der Waals surface area contributed by atoms with Crippen LogP contribution in [-0.2, 0) is 9.59 Å². The summed E-state index contributed by atoms with van der Waals surface area (Å²) in [6.07, 6.45) is 1.05. The van der Waals surface area contributed by atoms with Crippen LogP contribution < -0.4 is 10.9 Å². The van der Waals surface area contributed by atoms with Gasteiger partial charge in [0.1, 0.15) is 0 Å². The third-order valence-electron chi connectivity index (χ3n) is 1.63. The number of aliphatic carboxylic acids is 1. The number of H-pyrrole nitrogens is 1. The van der Waals surface area contributed by atoms with Gasteiger partial charge in [-0.15, -0.1) is 0 Å². The van der Waals surface area contributed by atoms with Gasteiger partial charge < -0.3 is 15.4 Å². The number of carbonyl (C=O) groups is 2. The van der Waals surface area contributed by atoms with E-state index in [-0.39, 0.29) is 18.4 Å². The monoisotopic (exact) mass is 210 g/mol. The van der Waals surface area contributed by atoms with Gasteiger partial charge >= 0.3 is 5.97 Å². The van der Waals surface area contributed by atoms with Crippen molar-refractivity contribution >= 4 is 17.6 Å². The maximum atomic E-state index is 11.1. The van der Waals surface area contributed by atoms with Crippen molar-refractivity contribution in [1.82, 2.24) is 4.98 Å². The second-order valence-electron chi connectivity index (χ2n) is 2.88. The van der Waals surface area contributed by atoms with Crippen LogP contribution in [0.2, 0.25) is 0 Å². The summed E-state index contributed by atoms with van der Waals surface area (Å²) < 4.78 is 0. The number of carbonyl (C=O) groups excluding carboxylic acids is 1. The average Bonchev–Trinajstić information content (AvgIpc) is 2.19. The van der Waals surface area contributed by atoms with E-state index < -0.39 is 11.9 Å². The van der Waals surface area contributed by atoms with Crippen LogP contribution in [0.25, 0.3) is 0 Å². The van der Waals surface area contributed by atoms with Gasteiger partial charge in [0.15, 0.2) is 0 Å². The smallest absolute Gasteiger partial charge is 0.303 e. The number of amides is 1. The Hall–Kier alpha value is -2.11. The molecule has 1 rings (SSSR count). The quantitative estimate of drug-likeness (QED) is 0.659. The first-order chi connectivity index (χ1) is 7.08. The molecule has 0 bridgehead atoms. The summed E-state index contributed by atoms with van der Waals surface area (Å²) in [5.74, 6) is -1.42. The van der Waals surface area contributed by atoms with Crippen LogP contribution in [0.15, 0.2) is 23.1 Å². The number of nitrogens with one attached hydrogen (secondary N) is 2. The molecule has 0 saturated carbocycles. The van der Waals surface area contributed by atoms with Crippen LogP contribution in [-0.4, -0.2) is 22.0 Å². The van der Waals surface area contributed by atoms with E-state index in [1.165, 1.54) is 18.3 Å². The van der Waals surface area contributed by atoms with E-state index in [0.717, 1.165) is 0 Å². The van der Waals surface area contributed by atoms with Crippen molar-refractivity contribution in [2.24, 2.45) is 0 Å². The lowest BCUT2D eigenvalue weighted by molar-refractivity contribution is -0.138. The number of pyridine rings is 1. The molecule has 6 nitrogen and oxygen atoms in total. The van der Waals surface area contributed by atoms with Crippen LogP contribution in [0, 0.1) is 0 Å². The molecule has 0 aromatic carbocycles. The second-order valence-corrected chi connectivity index (χ2v) is 2.88. The molecule has 6 heteroatoms. The zero-order valence-corrected chi connectivity index (χ0v) is 7.82. The lowest BCUT2D eigenvalue weighted by Crippen LogP contribution is -2.14.